The highest BCUT2D eigenvalue weighted by Crippen LogP contribution is 2.38. The molecule has 4 rings (SSSR count). The molecule has 3 aromatic rings. The minimum atomic E-state index is -0.782. The predicted octanol–water partition coefficient (Wildman–Crippen LogP) is 8.37. The van der Waals surface area contributed by atoms with Gasteiger partial charge in [0.1, 0.15) is 11.6 Å². The molecule has 3 aromatic carbocycles. The van der Waals surface area contributed by atoms with E-state index in [0.717, 1.165) is 25.7 Å². The number of benzene rings is 3. The Morgan fingerprint density at radius 2 is 1.57 bits per heavy atom. The van der Waals surface area contributed by atoms with Crippen LogP contribution in [0.15, 0.2) is 54.6 Å². The van der Waals surface area contributed by atoms with E-state index in [1.165, 1.54) is 11.6 Å². The van der Waals surface area contributed by atoms with Gasteiger partial charge in [-0.3, -0.25) is 0 Å². The van der Waals surface area contributed by atoms with E-state index in [2.05, 4.69) is 6.92 Å². The average molecular weight is 483 g/mol. The number of hydrogen-bond acceptors (Lipinski definition) is 2. The third kappa shape index (κ3) is 6.07. The van der Waals surface area contributed by atoms with Crippen molar-refractivity contribution in [2.24, 2.45) is 0 Å². The van der Waals surface area contributed by atoms with Crippen LogP contribution in [-0.4, -0.2) is 12.7 Å². The first-order valence-electron chi connectivity index (χ1n) is 12.6. The Morgan fingerprint density at radius 3 is 2.23 bits per heavy atom. The minimum Gasteiger partial charge on any atom is -0.494 e. The lowest BCUT2D eigenvalue weighted by Gasteiger charge is -2.29. The lowest BCUT2D eigenvalue weighted by atomic mass is 9.82. The molecule has 0 aromatic heterocycles. The van der Waals surface area contributed by atoms with Crippen molar-refractivity contribution in [3.8, 4) is 16.9 Å². The lowest BCUT2D eigenvalue weighted by molar-refractivity contribution is 0.0118. The van der Waals surface area contributed by atoms with Gasteiger partial charge in [-0.1, -0.05) is 55.8 Å². The summed E-state index contributed by atoms with van der Waals surface area (Å²) in [6, 6.07) is 15.9. The van der Waals surface area contributed by atoms with E-state index in [9.17, 15) is 4.39 Å². The fourth-order valence-electron chi connectivity index (χ4n) is 4.89. The van der Waals surface area contributed by atoms with Crippen LogP contribution in [0.2, 0.25) is 0 Å². The maximum atomic E-state index is 15.1. The summed E-state index contributed by atoms with van der Waals surface area (Å²) in [6.45, 7) is 4.63. The Hall–Kier alpha value is -2.79. The Balaban J connectivity index is 1.35. The minimum absolute atomic E-state index is 0.0222. The summed E-state index contributed by atoms with van der Waals surface area (Å²) in [6.07, 6.45) is 4.86. The Bertz CT molecular complexity index is 1120. The van der Waals surface area contributed by atoms with Crippen LogP contribution < -0.4 is 4.74 Å². The van der Waals surface area contributed by atoms with Crippen molar-refractivity contribution in [2.45, 2.75) is 71.0 Å². The zero-order chi connectivity index (χ0) is 24.8. The molecule has 35 heavy (non-hydrogen) atoms. The van der Waals surface area contributed by atoms with Crippen LogP contribution in [-0.2, 0) is 17.8 Å². The molecule has 0 atom stereocenters. The number of ether oxygens (including phenoxy) is 2. The van der Waals surface area contributed by atoms with Gasteiger partial charge in [0, 0.05) is 17.2 Å². The summed E-state index contributed by atoms with van der Waals surface area (Å²) in [5, 5.41) is 0. The second-order valence-electron chi connectivity index (χ2n) is 9.25. The summed E-state index contributed by atoms with van der Waals surface area (Å²) in [5.41, 5.74) is 3.10. The molecule has 0 heterocycles. The van der Waals surface area contributed by atoms with E-state index in [0.29, 0.717) is 47.5 Å². The Labute approximate surface area is 206 Å². The standard InChI is InChI=1S/C30H33F3O2/c1-3-5-20-6-8-21(9-7-20)26-16-17-27(30(33)29(26)32)22-10-13-24(14-11-22)35-19-23-12-15-25(34-4-2)18-28(23)31/h6-9,12,15-18,22,24H,3-5,10-11,13-14,19H2,1-2H3. The largest absolute Gasteiger partial charge is 0.494 e. The van der Waals surface area contributed by atoms with E-state index < -0.39 is 11.6 Å². The van der Waals surface area contributed by atoms with Crippen molar-refractivity contribution in [3.63, 3.8) is 0 Å². The molecule has 0 aliphatic heterocycles. The number of rotatable bonds is 9. The molecule has 186 valence electrons. The van der Waals surface area contributed by atoms with Crippen molar-refractivity contribution < 1.29 is 22.6 Å². The van der Waals surface area contributed by atoms with Gasteiger partial charge in [-0.2, -0.15) is 0 Å². The molecule has 0 unspecified atom stereocenters. The molecule has 0 N–H and O–H groups in total. The number of aryl methyl sites for hydroxylation is 1. The molecule has 0 radical (unpaired) electrons. The third-order valence-corrected chi connectivity index (χ3v) is 6.84. The van der Waals surface area contributed by atoms with Gasteiger partial charge in [0.25, 0.3) is 0 Å². The van der Waals surface area contributed by atoms with Gasteiger partial charge in [0.2, 0.25) is 0 Å². The predicted molar refractivity (Wildman–Crippen MR) is 133 cm³/mol. The van der Waals surface area contributed by atoms with Crippen molar-refractivity contribution in [3.05, 3.63) is 88.7 Å². The van der Waals surface area contributed by atoms with Crippen molar-refractivity contribution in [1.29, 1.82) is 0 Å². The van der Waals surface area contributed by atoms with Crippen molar-refractivity contribution in [2.75, 3.05) is 6.61 Å². The molecule has 5 heteroatoms. The zero-order valence-corrected chi connectivity index (χ0v) is 20.5. The van der Waals surface area contributed by atoms with Crippen LogP contribution in [0.1, 0.15) is 68.6 Å². The highest BCUT2D eigenvalue weighted by Gasteiger charge is 2.27. The molecular weight excluding hydrogens is 449 g/mol. The van der Waals surface area contributed by atoms with Crippen LogP contribution >= 0.6 is 0 Å². The van der Waals surface area contributed by atoms with Gasteiger partial charge in [-0.15, -0.1) is 0 Å². The van der Waals surface area contributed by atoms with Crippen LogP contribution in [0.3, 0.4) is 0 Å². The number of halogens is 3. The van der Waals surface area contributed by atoms with E-state index in [4.69, 9.17) is 9.47 Å². The van der Waals surface area contributed by atoms with E-state index >= 15 is 8.78 Å². The van der Waals surface area contributed by atoms with Crippen LogP contribution in [0.5, 0.6) is 5.75 Å². The molecule has 1 aliphatic rings. The van der Waals surface area contributed by atoms with Gasteiger partial charge in [0.15, 0.2) is 11.6 Å². The zero-order valence-electron chi connectivity index (χ0n) is 20.5. The summed E-state index contributed by atoms with van der Waals surface area (Å²) in [7, 11) is 0. The molecule has 0 saturated heterocycles. The Kier molecular flexibility index (Phi) is 8.50. The molecular formula is C30H33F3O2. The summed E-state index contributed by atoms with van der Waals surface area (Å²) in [4.78, 5) is 0. The maximum Gasteiger partial charge on any atom is 0.166 e. The summed E-state index contributed by atoms with van der Waals surface area (Å²) in [5.74, 6) is -1.42. The highest BCUT2D eigenvalue weighted by atomic mass is 19.2. The Morgan fingerprint density at radius 1 is 0.829 bits per heavy atom. The second kappa shape index (κ2) is 11.8. The molecule has 0 spiro atoms. The van der Waals surface area contributed by atoms with Crippen molar-refractivity contribution >= 4 is 0 Å². The second-order valence-corrected chi connectivity index (χ2v) is 9.25. The molecule has 1 saturated carbocycles. The molecule has 0 amide bonds. The van der Waals surface area contributed by atoms with Gasteiger partial charge >= 0.3 is 0 Å². The van der Waals surface area contributed by atoms with Crippen molar-refractivity contribution in [1.82, 2.24) is 0 Å². The van der Waals surface area contributed by atoms with Crippen LogP contribution in [0.25, 0.3) is 11.1 Å². The normalized spacial score (nSPS) is 18.0. The van der Waals surface area contributed by atoms with Crippen LogP contribution in [0.4, 0.5) is 13.2 Å². The first-order chi connectivity index (χ1) is 17.0. The molecule has 2 nitrogen and oxygen atoms in total. The number of hydrogen-bond donors (Lipinski definition) is 0. The average Bonchev–Trinajstić information content (AvgIpc) is 2.87. The van der Waals surface area contributed by atoms with Crippen LogP contribution in [0, 0.1) is 17.5 Å². The third-order valence-electron chi connectivity index (χ3n) is 6.84. The SMILES string of the molecule is CCCc1ccc(-c2ccc(C3CCC(OCc4ccc(OCC)cc4F)CC3)c(F)c2F)cc1. The van der Waals surface area contributed by atoms with E-state index in [-0.39, 0.29) is 24.4 Å². The monoisotopic (exact) mass is 482 g/mol. The molecule has 1 fully saturated rings. The van der Waals surface area contributed by atoms with E-state index in [1.54, 1.807) is 24.3 Å². The topological polar surface area (TPSA) is 18.5 Å². The quantitative estimate of drug-likeness (QED) is 0.305. The fourth-order valence-corrected chi connectivity index (χ4v) is 4.89. The molecule has 0 bridgehead atoms. The lowest BCUT2D eigenvalue weighted by Crippen LogP contribution is -2.21. The van der Waals surface area contributed by atoms with Gasteiger partial charge in [-0.05, 0) is 67.7 Å². The summed E-state index contributed by atoms with van der Waals surface area (Å²) >= 11 is 0. The van der Waals surface area contributed by atoms with E-state index in [1.807, 2.05) is 31.2 Å². The first-order valence-corrected chi connectivity index (χ1v) is 12.6. The highest BCUT2D eigenvalue weighted by molar-refractivity contribution is 5.65. The summed E-state index contributed by atoms with van der Waals surface area (Å²) < 4.78 is 55.6. The maximum absolute atomic E-state index is 15.1. The smallest absolute Gasteiger partial charge is 0.166 e. The molecule has 1 aliphatic carbocycles. The van der Waals surface area contributed by atoms with Gasteiger partial charge < -0.3 is 9.47 Å². The first kappa shape index (κ1) is 25.3. The fraction of sp³-hybridized carbons (Fsp3) is 0.400. The van der Waals surface area contributed by atoms with Gasteiger partial charge in [0.05, 0.1) is 19.3 Å². The van der Waals surface area contributed by atoms with Gasteiger partial charge in [-0.25, -0.2) is 13.2 Å².